The molecule has 0 spiro atoms. The van der Waals surface area contributed by atoms with Crippen molar-refractivity contribution in [1.82, 2.24) is 0 Å². The molecule has 85 heavy (non-hydrogen) atoms. The number of rotatable bonds is 71. The summed E-state index contributed by atoms with van der Waals surface area (Å²) in [5.41, 5.74) is 3.07. The quantitative estimate of drug-likeness (QED) is 0.0257. The Morgan fingerprint density at radius 3 is 0.812 bits per heavy atom. The fourth-order valence-corrected chi connectivity index (χ4v) is 12.7. The van der Waals surface area contributed by atoms with Crippen molar-refractivity contribution >= 4 is 31.3 Å². The fraction of sp³-hybridized carbons (Fsp3) is 0.945. The van der Waals surface area contributed by atoms with Crippen molar-refractivity contribution in [3.63, 3.8) is 0 Å². The zero-order valence-corrected chi connectivity index (χ0v) is 57.7. The number of hydrogen-bond acceptors (Lipinski definition) is 10. The maximum atomic E-state index is 15.2. The van der Waals surface area contributed by atoms with Gasteiger partial charge in [0.1, 0.15) is 6.61 Å². The number of ether oxygens (including phenoxy) is 2. The first-order valence-electron chi connectivity index (χ1n) is 37.3. The molecule has 1 unspecified atom stereocenters. The van der Waals surface area contributed by atoms with Crippen molar-refractivity contribution in [1.29, 1.82) is 0 Å². The van der Waals surface area contributed by atoms with Gasteiger partial charge in [0.15, 0.2) is 17.7 Å². The molecule has 0 aromatic rings. The van der Waals surface area contributed by atoms with Gasteiger partial charge in [-0.25, -0.2) is 4.57 Å². The molecule has 0 heterocycles. The van der Waals surface area contributed by atoms with Crippen LogP contribution in [0.3, 0.4) is 0 Å². The van der Waals surface area contributed by atoms with E-state index in [4.69, 9.17) is 24.3 Å². The van der Waals surface area contributed by atoms with Gasteiger partial charge in [-0.3, -0.25) is 28.2 Å². The molecule has 0 aliphatic carbocycles. The van der Waals surface area contributed by atoms with Gasteiger partial charge in [-0.15, -0.1) is 0 Å². The molecule has 11 nitrogen and oxygen atoms in total. The fourth-order valence-electron chi connectivity index (χ4n) is 12.0. The second-order valence-corrected chi connectivity index (χ2v) is 27.3. The second kappa shape index (κ2) is 63.9. The summed E-state index contributed by atoms with van der Waals surface area (Å²) < 4.78 is 36.4. The maximum Gasteiger partial charge on any atom is 0.472 e. The van der Waals surface area contributed by atoms with Crippen molar-refractivity contribution in [2.45, 2.75) is 425 Å². The van der Waals surface area contributed by atoms with E-state index in [1.54, 1.807) is 0 Å². The van der Waals surface area contributed by atoms with Gasteiger partial charge in [0.25, 0.3) is 5.60 Å². The van der Waals surface area contributed by atoms with E-state index in [2.05, 4.69) is 27.7 Å². The Hall–Kier alpha value is -1.65. The molecular weight excluding hydrogens is 1080 g/mol. The molecule has 0 aliphatic heterocycles. The van der Waals surface area contributed by atoms with Gasteiger partial charge in [0.05, 0.1) is 6.61 Å². The number of phosphoric ester groups is 1. The number of carbonyl (C=O) groups excluding carboxylic acids is 4. The van der Waals surface area contributed by atoms with Gasteiger partial charge in [0.2, 0.25) is 0 Å². The molecule has 0 saturated heterocycles. The lowest BCUT2D eigenvalue weighted by Crippen LogP contribution is -2.61. The molecule has 0 rings (SSSR count). The molecule has 0 amide bonds. The number of unbranched alkanes of at least 4 members (excludes halogenated alkanes) is 52. The smallest absolute Gasteiger partial charge is 0.455 e. The van der Waals surface area contributed by atoms with Crippen LogP contribution >= 0.6 is 7.82 Å². The lowest BCUT2D eigenvalue weighted by atomic mass is 9.82. The lowest BCUT2D eigenvalue weighted by molar-refractivity contribution is -0.196. The monoisotopic (exact) mass is 1220 g/mol. The van der Waals surface area contributed by atoms with E-state index in [1.165, 1.54) is 231 Å². The Morgan fingerprint density at radius 1 is 0.341 bits per heavy atom. The van der Waals surface area contributed by atoms with E-state index in [0.29, 0.717) is 25.7 Å². The highest BCUT2D eigenvalue weighted by Gasteiger charge is 2.57. The van der Waals surface area contributed by atoms with Crippen LogP contribution in [0.4, 0.5) is 0 Å². The van der Waals surface area contributed by atoms with Crippen molar-refractivity contribution < 1.29 is 47.2 Å². The van der Waals surface area contributed by atoms with Crippen molar-refractivity contribution in [2.24, 2.45) is 5.73 Å². The molecule has 0 aliphatic rings. The Kier molecular flexibility index (Phi) is 62.7. The molecule has 3 N–H and O–H groups in total. The van der Waals surface area contributed by atoms with Crippen LogP contribution in [0.15, 0.2) is 0 Å². The zero-order chi connectivity index (χ0) is 62.3. The molecule has 0 radical (unpaired) electrons. The van der Waals surface area contributed by atoms with Crippen molar-refractivity contribution in [3.05, 3.63) is 0 Å². The first-order chi connectivity index (χ1) is 41.5. The Morgan fingerprint density at radius 2 is 0.565 bits per heavy atom. The van der Waals surface area contributed by atoms with E-state index >= 15 is 9.59 Å². The number of ketones is 2. The van der Waals surface area contributed by atoms with E-state index in [-0.39, 0.29) is 38.8 Å². The van der Waals surface area contributed by atoms with Gasteiger partial charge >= 0.3 is 19.8 Å². The summed E-state index contributed by atoms with van der Waals surface area (Å²) in [4.78, 5) is 69.6. The largest absolute Gasteiger partial charge is 0.472 e. The number of Topliss-reactive ketones (excluding diaryl/α,β-unsaturated/α-hetero) is 2. The summed E-state index contributed by atoms with van der Waals surface area (Å²) in [6.07, 6.45) is 62.2. The van der Waals surface area contributed by atoms with Gasteiger partial charge in [0, 0.05) is 32.2 Å². The third-order valence-electron chi connectivity index (χ3n) is 17.6. The topological polar surface area (TPSA) is 169 Å². The van der Waals surface area contributed by atoms with Crippen LogP contribution in [0.5, 0.6) is 0 Å². The van der Waals surface area contributed by atoms with Crippen molar-refractivity contribution in [3.8, 4) is 0 Å². The normalized spacial score (nSPS) is 12.9. The minimum Gasteiger partial charge on any atom is -0.455 e. The first kappa shape index (κ1) is 83.4. The van der Waals surface area contributed by atoms with Crippen molar-refractivity contribution in [2.75, 3.05) is 19.8 Å². The average molecular weight is 1220 g/mol. The number of nitrogens with two attached hydrogens (primary N) is 1. The summed E-state index contributed by atoms with van der Waals surface area (Å²) in [6.45, 7) is 7.82. The van der Waals surface area contributed by atoms with E-state index in [1.807, 2.05) is 0 Å². The molecule has 2 atom stereocenters. The van der Waals surface area contributed by atoms with Gasteiger partial charge in [-0.05, 0) is 25.7 Å². The minimum absolute atomic E-state index is 0.0123. The zero-order valence-electron chi connectivity index (χ0n) is 56.8. The number of carbonyl (C=O) groups is 4. The van der Waals surface area contributed by atoms with Crippen LogP contribution < -0.4 is 5.73 Å². The van der Waals surface area contributed by atoms with Crippen LogP contribution in [0.2, 0.25) is 0 Å². The van der Waals surface area contributed by atoms with Gasteiger partial charge in [-0.2, -0.15) is 0 Å². The molecule has 0 aromatic carbocycles. The highest BCUT2D eigenvalue weighted by molar-refractivity contribution is 7.47. The van der Waals surface area contributed by atoms with Crippen LogP contribution in [0, 0.1) is 0 Å². The van der Waals surface area contributed by atoms with Crippen LogP contribution in [0.25, 0.3) is 0 Å². The van der Waals surface area contributed by atoms with Crippen LogP contribution in [-0.2, 0) is 42.3 Å². The molecule has 0 bridgehead atoms. The molecule has 0 fully saturated rings. The third kappa shape index (κ3) is 52.8. The summed E-state index contributed by atoms with van der Waals surface area (Å²) >= 11 is 0. The Balaban J connectivity index is 6.35. The lowest BCUT2D eigenvalue weighted by Gasteiger charge is -2.37. The summed E-state index contributed by atoms with van der Waals surface area (Å²) in [5, 5.41) is 0. The van der Waals surface area contributed by atoms with E-state index < -0.39 is 49.6 Å². The Bertz CT molecular complexity index is 1480. The first-order valence-corrected chi connectivity index (χ1v) is 38.8. The summed E-state index contributed by atoms with van der Waals surface area (Å²) in [5.74, 6) is -2.69. The molecule has 12 heteroatoms. The average Bonchev–Trinajstić information content (AvgIpc) is 3.13. The third-order valence-corrected chi connectivity index (χ3v) is 18.6. The standard InChI is InChI=1S/C73H142NO10P/c1-5-9-13-17-21-25-29-33-37-41-45-49-53-57-61-68(75)73(69(76)62-58-54-50-46-42-38-34-30-26-22-18-14-10-6-2,84-72(78)64-60-56-52-48-44-40-36-32-28-24-20-16-12-8-4)70(67-82-85(79,80)81-66-65-74)83-71(77)63-59-55-51-47-43-39-35-31-27-23-19-15-11-7-3/h70H,5-67,74H2,1-4H3,(H,79,80)/t70-/m0/s1. The number of esters is 2. The van der Waals surface area contributed by atoms with Crippen LogP contribution in [-0.4, -0.2) is 59.9 Å². The number of hydrogen-bond donors (Lipinski definition) is 2. The van der Waals surface area contributed by atoms with Crippen LogP contribution in [0.1, 0.15) is 413 Å². The maximum absolute atomic E-state index is 15.2. The predicted molar refractivity (Wildman–Crippen MR) is 359 cm³/mol. The van der Waals surface area contributed by atoms with Gasteiger partial charge < -0.3 is 20.1 Å². The number of phosphoric acid groups is 1. The summed E-state index contributed by atoms with van der Waals surface area (Å²) in [7, 11) is -4.81. The minimum atomic E-state index is -4.81. The molecular formula is C73H142NO10P. The van der Waals surface area contributed by atoms with E-state index in [0.717, 1.165) is 103 Å². The second-order valence-electron chi connectivity index (χ2n) is 25.8. The highest BCUT2D eigenvalue weighted by atomic mass is 31.2. The summed E-state index contributed by atoms with van der Waals surface area (Å²) in [6, 6.07) is 0. The van der Waals surface area contributed by atoms with E-state index in [9.17, 15) is 19.0 Å². The Labute approximate surface area is 526 Å². The predicted octanol–water partition coefficient (Wildman–Crippen LogP) is 22.9. The SMILES string of the molecule is CCCCCCCCCCCCCCCCC(=O)O[C@@H](COP(=O)(O)OCCN)C(OC(=O)CCCCCCCCCCCCCCCC)(C(=O)CCCCCCCCCCCCCCCC)C(=O)CCCCCCCCCCCCCCCC. The molecule has 0 aromatic heterocycles. The van der Waals surface area contributed by atoms with Gasteiger partial charge in [-0.1, -0.05) is 362 Å². The molecule has 0 saturated carbocycles. The highest BCUT2D eigenvalue weighted by Crippen LogP contribution is 2.44. The molecule has 504 valence electrons.